The van der Waals surface area contributed by atoms with Crippen LogP contribution in [0.3, 0.4) is 0 Å². The fourth-order valence-corrected chi connectivity index (χ4v) is 2.74. The Balaban J connectivity index is 1.73. The maximum atomic E-state index is 11.0. The molecular formula is C10H20N6O2S. The van der Waals surface area contributed by atoms with Gasteiger partial charge in [0.05, 0.1) is 19.8 Å². The van der Waals surface area contributed by atoms with Crippen molar-refractivity contribution in [3.05, 3.63) is 5.82 Å². The summed E-state index contributed by atoms with van der Waals surface area (Å²) in [5.41, 5.74) is 0. The summed E-state index contributed by atoms with van der Waals surface area (Å²) in [5, 5.41) is 11.9. The monoisotopic (exact) mass is 288 g/mol. The molecule has 1 aliphatic rings. The van der Waals surface area contributed by atoms with Crippen LogP contribution in [0, 0.1) is 5.92 Å². The standard InChI is InChI=1S/C10H20N6O2S/c1-15-13-10(12-14-15)8-16-5-3-9(4-6-16)7-11-19(2,17)18/h9,11H,3-8H2,1-2H3. The first-order valence-electron chi connectivity index (χ1n) is 6.32. The van der Waals surface area contributed by atoms with E-state index in [2.05, 4.69) is 25.0 Å². The first-order valence-corrected chi connectivity index (χ1v) is 8.21. The quantitative estimate of drug-likeness (QED) is 0.745. The van der Waals surface area contributed by atoms with Gasteiger partial charge >= 0.3 is 0 Å². The topological polar surface area (TPSA) is 93.0 Å². The van der Waals surface area contributed by atoms with Crippen molar-refractivity contribution in [2.75, 3.05) is 25.9 Å². The molecule has 9 heteroatoms. The number of aromatic nitrogens is 4. The molecule has 0 spiro atoms. The second-order valence-electron chi connectivity index (χ2n) is 5.04. The molecule has 0 aliphatic carbocycles. The van der Waals surface area contributed by atoms with Crippen LogP contribution in [-0.4, -0.2) is 59.4 Å². The SMILES string of the molecule is Cn1nnc(CN2CCC(CNS(C)(=O)=O)CC2)n1. The molecule has 1 N–H and O–H groups in total. The van der Waals surface area contributed by atoms with E-state index in [0.29, 0.717) is 19.0 Å². The lowest BCUT2D eigenvalue weighted by atomic mass is 9.97. The van der Waals surface area contributed by atoms with Gasteiger partial charge in [0.15, 0.2) is 5.82 Å². The van der Waals surface area contributed by atoms with Crippen molar-refractivity contribution in [2.24, 2.45) is 13.0 Å². The number of sulfonamides is 1. The van der Waals surface area contributed by atoms with E-state index >= 15 is 0 Å². The zero-order valence-corrected chi connectivity index (χ0v) is 12.1. The maximum Gasteiger partial charge on any atom is 0.208 e. The molecule has 2 heterocycles. The van der Waals surface area contributed by atoms with E-state index in [1.165, 1.54) is 11.1 Å². The molecule has 8 nitrogen and oxygen atoms in total. The summed E-state index contributed by atoms with van der Waals surface area (Å²) in [4.78, 5) is 3.73. The van der Waals surface area contributed by atoms with Gasteiger partial charge in [0.1, 0.15) is 0 Å². The molecular weight excluding hydrogens is 268 g/mol. The first-order chi connectivity index (χ1) is 8.92. The highest BCUT2D eigenvalue weighted by Gasteiger charge is 2.21. The molecule has 1 aromatic heterocycles. The van der Waals surface area contributed by atoms with Crippen molar-refractivity contribution < 1.29 is 8.42 Å². The predicted octanol–water partition coefficient (Wildman–Crippen LogP) is -1.03. The fourth-order valence-electron chi connectivity index (χ4n) is 2.20. The largest absolute Gasteiger partial charge is 0.296 e. The molecule has 2 rings (SSSR count). The van der Waals surface area contributed by atoms with Crippen molar-refractivity contribution in [2.45, 2.75) is 19.4 Å². The summed E-state index contributed by atoms with van der Waals surface area (Å²) < 4.78 is 24.6. The van der Waals surface area contributed by atoms with Crippen molar-refractivity contribution in [1.29, 1.82) is 0 Å². The van der Waals surface area contributed by atoms with Gasteiger partial charge in [-0.25, -0.2) is 13.1 Å². The lowest BCUT2D eigenvalue weighted by Crippen LogP contribution is -2.38. The van der Waals surface area contributed by atoms with E-state index in [4.69, 9.17) is 0 Å². The zero-order valence-electron chi connectivity index (χ0n) is 11.3. The molecule has 0 bridgehead atoms. The van der Waals surface area contributed by atoms with Crippen LogP contribution in [0.2, 0.25) is 0 Å². The Labute approximate surface area is 113 Å². The molecule has 19 heavy (non-hydrogen) atoms. The molecule has 1 aliphatic heterocycles. The Morgan fingerprint density at radius 3 is 2.58 bits per heavy atom. The van der Waals surface area contributed by atoms with E-state index in [0.717, 1.165) is 31.8 Å². The number of tetrazole rings is 1. The minimum Gasteiger partial charge on any atom is -0.296 e. The molecule has 0 amide bonds. The summed E-state index contributed by atoms with van der Waals surface area (Å²) in [6.07, 6.45) is 3.17. The number of nitrogens with one attached hydrogen (secondary N) is 1. The third kappa shape index (κ3) is 4.84. The average Bonchev–Trinajstić information content (AvgIpc) is 2.73. The summed E-state index contributed by atoms with van der Waals surface area (Å²) in [6, 6.07) is 0. The lowest BCUT2D eigenvalue weighted by Gasteiger charge is -2.30. The third-order valence-electron chi connectivity index (χ3n) is 3.26. The van der Waals surface area contributed by atoms with E-state index in [-0.39, 0.29) is 0 Å². The van der Waals surface area contributed by atoms with E-state index < -0.39 is 10.0 Å². The number of nitrogens with zero attached hydrogens (tertiary/aromatic N) is 5. The predicted molar refractivity (Wildman–Crippen MR) is 69.6 cm³/mol. The molecule has 0 aromatic carbocycles. The van der Waals surface area contributed by atoms with Crippen LogP contribution >= 0.6 is 0 Å². The molecule has 0 radical (unpaired) electrons. The van der Waals surface area contributed by atoms with Crippen molar-refractivity contribution in [3.8, 4) is 0 Å². The van der Waals surface area contributed by atoms with Gasteiger partial charge in [0, 0.05) is 6.54 Å². The average molecular weight is 288 g/mol. The van der Waals surface area contributed by atoms with Gasteiger partial charge in [-0.05, 0) is 37.1 Å². The Morgan fingerprint density at radius 1 is 1.37 bits per heavy atom. The van der Waals surface area contributed by atoms with E-state index in [1.54, 1.807) is 7.05 Å². The van der Waals surface area contributed by atoms with Crippen LogP contribution in [-0.2, 0) is 23.6 Å². The summed E-state index contributed by atoms with van der Waals surface area (Å²) in [6.45, 7) is 3.12. The minimum absolute atomic E-state index is 0.417. The zero-order chi connectivity index (χ0) is 13.9. The summed E-state index contributed by atoms with van der Waals surface area (Å²) in [5.74, 6) is 1.15. The summed E-state index contributed by atoms with van der Waals surface area (Å²) >= 11 is 0. The van der Waals surface area contributed by atoms with Crippen LogP contribution in [0.15, 0.2) is 0 Å². The summed E-state index contributed by atoms with van der Waals surface area (Å²) in [7, 11) is -1.33. The Kier molecular flexibility index (Phi) is 4.48. The van der Waals surface area contributed by atoms with E-state index in [1.807, 2.05) is 0 Å². The smallest absolute Gasteiger partial charge is 0.208 e. The van der Waals surface area contributed by atoms with E-state index in [9.17, 15) is 8.42 Å². The molecule has 1 saturated heterocycles. The van der Waals surface area contributed by atoms with Gasteiger partial charge in [0.2, 0.25) is 10.0 Å². The Hall–Kier alpha value is -1.06. The number of aryl methyl sites for hydroxylation is 1. The molecule has 108 valence electrons. The van der Waals surface area contributed by atoms with Gasteiger partial charge in [0.25, 0.3) is 0 Å². The normalized spacial score (nSPS) is 18.8. The number of hydrogen-bond donors (Lipinski definition) is 1. The molecule has 0 atom stereocenters. The van der Waals surface area contributed by atoms with Crippen LogP contribution in [0.25, 0.3) is 0 Å². The highest BCUT2D eigenvalue weighted by molar-refractivity contribution is 7.88. The fraction of sp³-hybridized carbons (Fsp3) is 0.900. The second kappa shape index (κ2) is 5.93. The van der Waals surface area contributed by atoms with Crippen LogP contribution in [0.1, 0.15) is 18.7 Å². The van der Waals surface area contributed by atoms with Crippen molar-refractivity contribution in [1.82, 2.24) is 29.8 Å². The number of piperidine rings is 1. The Bertz CT molecular complexity index is 506. The van der Waals surface area contributed by atoms with Crippen molar-refractivity contribution >= 4 is 10.0 Å². The first kappa shape index (κ1) is 14.4. The third-order valence-corrected chi connectivity index (χ3v) is 3.95. The number of rotatable bonds is 5. The molecule has 0 saturated carbocycles. The van der Waals surface area contributed by atoms with Crippen LogP contribution < -0.4 is 4.72 Å². The molecule has 1 fully saturated rings. The molecule has 1 aromatic rings. The van der Waals surface area contributed by atoms with Gasteiger partial charge in [-0.1, -0.05) is 0 Å². The lowest BCUT2D eigenvalue weighted by molar-refractivity contribution is 0.175. The van der Waals surface area contributed by atoms with Gasteiger partial charge in [-0.3, -0.25) is 4.90 Å². The van der Waals surface area contributed by atoms with Crippen molar-refractivity contribution in [3.63, 3.8) is 0 Å². The molecule has 0 unspecified atom stereocenters. The minimum atomic E-state index is -3.08. The maximum absolute atomic E-state index is 11.0. The highest BCUT2D eigenvalue weighted by Crippen LogP contribution is 2.17. The van der Waals surface area contributed by atoms with Gasteiger partial charge < -0.3 is 0 Å². The van der Waals surface area contributed by atoms with Gasteiger partial charge in [-0.2, -0.15) is 4.80 Å². The number of hydrogen-bond acceptors (Lipinski definition) is 6. The highest BCUT2D eigenvalue weighted by atomic mass is 32.2. The second-order valence-corrected chi connectivity index (χ2v) is 6.87. The van der Waals surface area contributed by atoms with Crippen LogP contribution in [0.4, 0.5) is 0 Å². The number of likely N-dealkylation sites (tertiary alicyclic amines) is 1. The van der Waals surface area contributed by atoms with Crippen LogP contribution in [0.5, 0.6) is 0 Å². The Morgan fingerprint density at radius 2 is 2.05 bits per heavy atom. The van der Waals surface area contributed by atoms with Gasteiger partial charge in [-0.15, -0.1) is 10.2 Å².